The molecule has 1 aliphatic rings. The van der Waals surface area contributed by atoms with Crippen LogP contribution in [-0.4, -0.2) is 19.9 Å². The van der Waals surface area contributed by atoms with Gasteiger partial charge < -0.3 is 0 Å². The molecule has 11 rings (SSSR count). The van der Waals surface area contributed by atoms with Gasteiger partial charge in [0.25, 0.3) is 0 Å². The molecule has 0 spiro atoms. The molecule has 0 bridgehead atoms. The third kappa shape index (κ3) is 5.44. The third-order valence-corrected chi connectivity index (χ3v) is 11.7. The SMILES string of the molecule is CC1(C)c2cc(-c3cc(-c4nc(-c5ccccc5)nc(-c5ccccc5)n4)cc(-c4nc5ccccc5c5ccccc45)c3)ccc2-c2c1ccc1ccccc21. The summed E-state index contributed by atoms with van der Waals surface area (Å²) in [6.45, 7) is 4.70. The van der Waals surface area contributed by atoms with Crippen molar-refractivity contribution in [2.24, 2.45) is 0 Å². The van der Waals surface area contributed by atoms with Gasteiger partial charge in [0.15, 0.2) is 17.5 Å². The molecule has 1 aliphatic carbocycles. The molecular weight excluding hydrogens is 693 g/mol. The van der Waals surface area contributed by atoms with Crippen LogP contribution in [0.25, 0.3) is 100 Å². The Labute approximate surface area is 331 Å². The average Bonchev–Trinajstić information content (AvgIpc) is 3.51. The van der Waals surface area contributed by atoms with Crippen molar-refractivity contribution >= 4 is 32.4 Å². The minimum absolute atomic E-state index is 0.176. The standard InChI is InChI=1S/C53H36N4/c1-53(2)45-28-26-33-15-9-10-20-40(33)48(45)44-27-25-36(32-46(44)53)37-29-38(49-43-23-12-11-21-41(43)42-22-13-14-24-47(42)54-49)31-39(30-37)52-56-50(34-16-5-3-6-17-34)55-51(57-52)35-18-7-4-8-19-35/h3-32H,1-2H3. The summed E-state index contributed by atoms with van der Waals surface area (Å²) in [5.74, 6) is 1.87. The fourth-order valence-electron chi connectivity index (χ4n) is 8.81. The molecule has 0 amide bonds. The maximum Gasteiger partial charge on any atom is 0.164 e. The predicted molar refractivity (Wildman–Crippen MR) is 235 cm³/mol. The Morgan fingerprint density at radius 3 is 1.63 bits per heavy atom. The van der Waals surface area contributed by atoms with Crippen molar-refractivity contribution in [3.05, 3.63) is 193 Å². The summed E-state index contributed by atoms with van der Waals surface area (Å²) in [5.41, 5.74) is 13.0. The molecule has 10 aromatic rings. The molecule has 0 radical (unpaired) electrons. The van der Waals surface area contributed by atoms with Gasteiger partial charge in [0.2, 0.25) is 0 Å². The summed E-state index contributed by atoms with van der Waals surface area (Å²) >= 11 is 0. The van der Waals surface area contributed by atoms with Crippen LogP contribution in [0.4, 0.5) is 0 Å². The highest BCUT2D eigenvalue weighted by Gasteiger charge is 2.36. The molecule has 4 nitrogen and oxygen atoms in total. The van der Waals surface area contributed by atoms with Crippen molar-refractivity contribution < 1.29 is 0 Å². The van der Waals surface area contributed by atoms with E-state index in [2.05, 4.69) is 135 Å². The van der Waals surface area contributed by atoms with Gasteiger partial charge in [-0.2, -0.15) is 0 Å². The van der Waals surface area contributed by atoms with E-state index in [0.29, 0.717) is 17.5 Å². The smallest absolute Gasteiger partial charge is 0.164 e. The fourth-order valence-corrected chi connectivity index (χ4v) is 8.81. The first-order valence-electron chi connectivity index (χ1n) is 19.5. The fraction of sp³-hybridized carbons (Fsp3) is 0.0566. The van der Waals surface area contributed by atoms with Crippen LogP contribution in [0.1, 0.15) is 25.0 Å². The molecular formula is C53H36N4. The van der Waals surface area contributed by atoms with Gasteiger partial charge in [-0.25, -0.2) is 19.9 Å². The summed E-state index contributed by atoms with van der Waals surface area (Å²) in [5, 5.41) is 5.97. The summed E-state index contributed by atoms with van der Waals surface area (Å²) in [4.78, 5) is 20.7. The molecule has 0 N–H and O–H groups in total. The summed E-state index contributed by atoms with van der Waals surface area (Å²) in [7, 11) is 0. The Balaban J connectivity index is 1.17. The van der Waals surface area contributed by atoms with Gasteiger partial charge >= 0.3 is 0 Å². The zero-order valence-electron chi connectivity index (χ0n) is 31.6. The third-order valence-electron chi connectivity index (χ3n) is 11.7. The van der Waals surface area contributed by atoms with Crippen LogP contribution >= 0.6 is 0 Å². The van der Waals surface area contributed by atoms with Crippen molar-refractivity contribution in [1.29, 1.82) is 0 Å². The van der Waals surface area contributed by atoms with Gasteiger partial charge in [-0.15, -0.1) is 0 Å². The van der Waals surface area contributed by atoms with Gasteiger partial charge in [0, 0.05) is 38.4 Å². The molecule has 0 saturated heterocycles. The number of rotatable bonds is 5. The Hall–Kier alpha value is -7.30. The van der Waals surface area contributed by atoms with E-state index in [-0.39, 0.29) is 5.41 Å². The van der Waals surface area contributed by atoms with Gasteiger partial charge in [0.05, 0.1) is 11.2 Å². The Morgan fingerprint density at radius 1 is 0.351 bits per heavy atom. The van der Waals surface area contributed by atoms with Crippen molar-refractivity contribution in [3.8, 4) is 67.7 Å². The molecule has 0 fully saturated rings. The zero-order valence-corrected chi connectivity index (χ0v) is 31.6. The van der Waals surface area contributed by atoms with Crippen LogP contribution in [0.5, 0.6) is 0 Å². The first-order valence-corrected chi connectivity index (χ1v) is 19.5. The highest BCUT2D eigenvalue weighted by atomic mass is 15.0. The molecule has 8 aromatic carbocycles. The average molecular weight is 729 g/mol. The van der Waals surface area contributed by atoms with Gasteiger partial charge in [0.1, 0.15) is 0 Å². The van der Waals surface area contributed by atoms with E-state index in [1.54, 1.807) is 0 Å². The predicted octanol–water partition coefficient (Wildman–Crippen LogP) is 13.4. The minimum atomic E-state index is -0.176. The molecule has 0 aliphatic heterocycles. The molecule has 2 aromatic heterocycles. The Kier molecular flexibility index (Phi) is 7.48. The summed E-state index contributed by atoms with van der Waals surface area (Å²) in [6, 6.07) is 64.3. The van der Waals surface area contributed by atoms with Gasteiger partial charge in [-0.1, -0.05) is 166 Å². The lowest BCUT2D eigenvalue weighted by atomic mass is 9.81. The lowest BCUT2D eigenvalue weighted by molar-refractivity contribution is 0.661. The molecule has 0 unspecified atom stereocenters. The first kappa shape index (κ1) is 33.1. The number of para-hydroxylation sites is 1. The van der Waals surface area contributed by atoms with Crippen LogP contribution in [0.2, 0.25) is 0 Å². The number of aromatic nitrogens is 4. The maximum absolute atomic E-state index is 5.36. The highest BCUT2D eigenvalue weighted by Crippen LogP contribution is 2.52. The van der Waals surface area contributed by atoms with E-state index in [1.165, 1.54) is 38.4 Å². The highest BCUT2D eigenvalue weighted by molar-refractivity contribution is 6.11. The van der Waals surface area contributed by atoms with E-state index in [9.17, 15) is 0 Å². The molecule has 268 valence electrons. The van der Waals surface area contributed by atoms with E-state index < -0.39 is 0 Å². The summed E-state index contributed by atoms with van der Waals surface area (Å²) in [6.07, 6.45) is 0. The molecule has 4 heteroatoms. The first-order chi connectivity index (χ1) is 28.0. The van der Waals surface area contributed by atoms with E-state index >= 15 is 0 Å². The lowest BCUT2D eigenvalue weighted by Crippen LogP contribution is -2.15. The largest absolute Gasteiger partial charge is 0.247 e. The number of hydrogen-bond acceptors (Lipinski definition) is 4. The van der Waals surface area contributed by atoms with Gasteiger partial charge in [-0.3, -0.25) is 0 Å². The Morgan fingerprint density at radius 2 is 0.912 bits per heavy atom. The quantitative estimate of drug-likeness (QED) is 0.166. The second-order valence-corrected chi connectivity index (χ2v) is 15.5. The van der Waals surface area contributed by atoms with Crippen LogP contribution in [-0.2, 0) is 5.41 Å². The molecule has 2 heterocycles. The monoisotopic (exact) mass is 728 g/mol. The van der Waals surface area contributed by atoms with Crippen LogP contribution in [0, 0.1) is 0 Å². The van der Waals surface area contributed by atoms with Crippen molar-refractivity contribution in [2.45, 2.75) is 19.3 Å². The van der Waals surface area contributed by atoms with E-state index in [4.69, 9.17) is 19.9 Å². The normalized spacial score (nSPS) is 12.9. The second kappa shape index (κ2) is 12.9. The van der Waals surface area contributed by atoms with E-state index in [0.717, 1.165) is 55.4 Å². The molecule has 0 atom stereocenters. The van der Waals surface area contributed by atoms with Crippen LogP contribution in [0.3, 0.4) is 0 Å². The van der Waals surface area contributed by atoms with Crippen molar-refractivity contribution in [1.82, 2.24) is 19.9 Å². The van der Waals surface area contributed by atoms with Crippen molar-refractivity contribution in [3.63, 3.8) is 0 Å². The molecule has 57 heavy (non-hydrogen) atoms. The number of nitrogens with zero attached hydrogens (tertiary/aromatic N) is 4. The number of hydrogen-bond donors (Lipinski definition) is 0. The van der Waals surface area contributed by atoms with Crippen molar-refractivity contribution in [2.75, 3.05) is 0 Å². The Bertz CT molecular complexity index is 3150. The number of benzene rings is 8. The zero-order chi connectivity index (χ0) is 38.1. The van der Waals surface area contributed by atoms with Crippen LogP contribution in [0.15, 0.2) is 182 Å². The maximum atomic E-state index is 5.36. The summed E-state index contributed by atoms with van der Waals surface area (Å²) < 4.78 is 0. The second-order valence-electron chi connectivity index (χ2n) is 15.5. The van der Waals surface area contributed by atoms with E-state index in [1.807, 2.05) is 60.7 Å². The van der Waals surface area contributed by atoms with Crippen LogP contribution < -0.4 is 0 Å². The van der Waals surface area contributed by atoms with Gasteiger partial charge in [-0.05, 0) is 79.9 Å². The number of pyridine rings is 1. The number of fused-ring (bicyclic) bond motifs is 8. The molecule has 0 saturated carbocycles. The lowest BCUT2D eigenvalue weighted by Gasteiger charge is -2.22. The minimum Gasteiger partial charge on any atom is -0.247 e. The topological polar surface area (TPSA) is 51.6 Å².